The number of aromatic nitrogens is 1. The van der Waals surface area contributed by atoms with E-state index in [2.05, 4.69) is 34.1 Å². The van der Waals surface area contributed by atoms with Crippen LogP contribution in [0.1, 0.15) is 30.0 Å². The number of hydrogen-bond acceptors (Lipinski definition) is 5. The molecule has 1 unspecified atom stereocenters. The molecule has 2 N–H and O–H groups in total. The number of aliphatic imine (C=N–C) groups is 1. The average Bonchev–Trinajstić information content (AvgIpc) is 3.46. The summed E-state index contributed by atoms with van der Waals surface area (Å²) < 4.78 is 5.17. The zero-order valence-corrected chi connectivity index (χ0v) is 17.2. The van der Waals surface area contributed by atoms with E-state index in [1.165, 1.54) is 18.4 Å². The van der Waals surface area contributed by atoms with Crippen LogP contribution in [0.2, 0.25) is 0 Å². The largest absolute Gasteiger partial charge is 0.494 e. The minimum atomic E-state index is -0.339. The molecule has 2 aromatic carbocycles. The summed E-state index contributed by atoms with van der Waals surface area (Å²) in [5, 5.41) is 11.6. The summed E-state index contributed by atoms with van der Waals surface area (Å²) in [7, 11) is 2.16. The molecule has 0 amide bonds. The number of aromatic hydroxyl groups is 1. The predicted molar refractivity (Wildman–Crippen MR) is 122 cm³/mol. The van der Waals surface area contributed by atoms with E-state index in [4.69, 9.17) is 4.42 Å². The molecule has 3 heterocycles. The first-order valence-electron chi connectivity index (χ1n) is 10.4. The normalized spacial score (nSPS) is 17.1. The van der Waals surface area contributed by atoms with Crippen LogP contribution in [0.3, 0.4) is 0 Å². The molecule has 156 valence electrons. The number of pyridine rings is 1. The quantitative estimate of drug-likeness (QED) is 0.461. The van der Waals surface area contributed by atoms with Gasteiger partial charge in [-0.05, 0) is 67.9 Å². The fourth-order valence-corrected chi connectivity index (χ4v) is 4.33. The lowest BCUT2D eigenvalue weighted by Crippen LogP contribution is -2.17. The second-order valence-corrected chi connectivity index (χ2v) is 7.98. The molecule has 6 heteroatoms. The highest BCUT2D eigenvalue weighted by atomic mass is 16.3. The molecular weight excluding hydrogens is 390 g/mol. The summed E-state index contributed by atoms with van der Waals surface area (Å²) in [6.45, 7) is 1.13. The summed E-state index contributed by atoms with van der Waals surface area (Å²) in [5.41, 5.74) is 4.01. The van der Waals surface area contributed by atoms with Crippen molar-refractivity contribution in [3.05, 3.63) is 82.5 Å². The van der Waals surface area contributed by atoms with Crippen molar-refractivity contribution in [3.8, 4) is 17.0 Å². The Kier molecular flexibility index (Phi) is 4.92. The number of hydrogen-bond donors (Lipinski definition) is 2. The highest BCUT2D eigenvalue weighted by Gasteiger charge is 2.22. The first kappa shape index (κ1) is 19.3. The maximum atomic E-state index is 12.3. The van der Waals surface area contributed by atoms with Gasteiger partial charge in [-0.2, -0.15) is 0 Å². The first-order valence-corrected chi connectivity index (χ1v) is 10.4. The van der Waals surface area contributed by atoms with Crippen LogP contribution in [-0.4, -0.2) is 34.8 Å². The van der Waals surface area contributed by atoms with Gasteiger partial charge in [0.05, 0.1) is 23.8 Å². The number of rotatable bonds is 4. The molecule has 0 radical (unpaired) electrons. The molecule has 1 aliphatic heterocycles. The van der Waals surface area contributed by atoms with Crippen molar-refractivity contribution in [1.29, 1.82) is 0 Å². The second-order valence-electron chi connectivity index (χ2n) is 7.98. The van der Waals surface area contributed by atoms with Crippen molar-refractivity contribution in [2.45, 2.75) is 18.9 Å². The molecule has 1 saturated heterocycles. The van der Waals surface area contributed by atoms with Crippen LogP contribution in [0.15, 0.2) is 75.3 Å². The standard InChI is InChI=1S/C25H23N3O3/c1-28-11-2-3-23(28)16-4-7-19(8-5-16)26-14-22-21-13-17(18-10-12-31-15-18)6-9-20(21)24(29)27-25(22)30/h4-10,12-15,23H,2-3,11H2,1H3,(H2,27,29,30). The highest BCUT2D eigenvalue weighted by molar-refractivity contribution is 6.03. The third kappa shape index (κ3) is 3.66. The highest BCUT2D eigenvalue weighted by Crippen LogP contribution is 2.32. The number of fused-ring (bicyclic) bond motifs is 1. The van der Waals surface area contributed by atoms with Crippen molar-refractivity contribution in [1.82, 2.24) is 9.88 Å². The van der Waals surface area contributed by atoms with E-state index in [-0.39, 0.29) is 11.4 Å². The molecule has 5 rings (SSSR count). The maximum Gasteiger partial charge on any atom is 0.258 e. The topological polar surface area (TPSA) is 81.8 Å². The molecule has 31 heavy (non-hydrogen) atoms. The zero-order chi connectivity index (χ0) is 21.4. The Hall–Kier alpha value is -3.64. The van der Waals surface area contributed by atoms with E-state index in [0.29, 0.717) is 22.4 Å². The van der Waals surface area contributed by atoms with Crippen LogP contribution in [0.25, 0.3) is 21.9 Å². The van der Waals surface area contributed by atoms with Crippen LogP contribution in [0, 0.1) is 0 Å². The van der Waals surface area contributed by atoms with Gasteiger partial charge in [0.2, 0.25) is 5.88 Å². The van der Waals surface area contributed by atoms with Gasteiger partial charge < -0.3 is 9.52 Å². The van der Waals surface area contributed by atoms with Crippen LogP contribution in [-0.2, 0) is 0 Å². The molecule has 2 aromatic heterocycles. The van der Waals surface area contributed by atoms with Gasteiger partial charge in [0.25, 0.3) is 5.56 Å². The SMILES string of the molecule is CN1CCCC1c1ccc(N=Cc2c(O)[nH]c(=O)c3ccc(-c4ccoc4)cc23)cc1. The predicted octanol–water partition coefficient (Wildman–Crippen LogP) is 5.01. The van der Waals surface area contributed by atoms with E-state index in [9.17, 15) is 9.90 Å². The summed E-state index contributed by atoms with van der Waals surface area (Å²) in [6.07, 6.45) is 7.24. The smallest absolute Gasteiger partial charge is 0.258 e. The van der Waals surface area contributed by atoms with Crippen molar-refractivity contribution in [2.24, 2.45) is 4.99 Å². The van der Waals surface area contributed by atoms with Crippen LogP contribution < -0.4 is 5.56 Å². The number of benzene rings is 2. The van der Waals surface area contributed by atoms with Crippen molar-refractivity contribution >= 4 is 22.7 Å². The molecule has 6 nitrogen and oxygen atoms in total. The Labute approximate surface area is 179 Å². The fraction of sp³-hybridized carbons (Fsp3) is 0.200. The molecule has 0 spiro atoms. The Morgan fingerprint density at radius 1 is 1.13 bits per heavy atom. The zero-order valence-electron chi connectivity index (χ0n) is 17.2. The number of H-pyrrole nitrogens is 1. The van der Waals surface area contributed by atoms with E-state index in [1.54, 1.807) is 24.8 Å². The number of likely N-dealkylation sites (tertiary alicyclic amines) is 1. The molecule has 0 saturated carbocycles. The molecular formula is C25H23N3O3. The van der Waals surface area contributed by atoms with Gasteiger partial charge >= 0.3 is 0 Å². The Bertz CT molecular complexity index is 1300. The third-order valence-electron chi connectivity index (χ3n) is 6.04. The fourth-order valence-electron chi connectivity index (χ4n) is 4.33. The van der Waals surface area contributed by atoms with Gasteiger partial charge in [0.1, 0.15) is 0 Å². The average molecular weight is 413 g/mol. The molecule has 1 aliphatic rings. The number of nitrogens with one attached hydrogen (secondary N) is 1. The lowest BCUT2D eigenvalue weighted by atomic mass is 10.0. The van der Waals surface area contributed by atoms with Gasteiger partial charge in [0, 0.05) is 28.6 Å². The lowest BCUT2D eigenvalue weighted by Gasteiger charge is -2.19. The lowest BCUT2D eigenvalue weighted by molar-refractivity contribution is 0.317. The molecule has 4 aromatic rings. The second kappa shape index (κ2) is 7.89. The van der Waals surface area contributed by atoms with Crippen molar-refractivity contribution in [3.63, 3.8) is 0 Å². The van der Waals surface area contributed by atoms with Crippen LogP contribution >= 0.6 is 0 Å². The molecule has 1 fully saturated rings. The van der Waals surface area contributed by atoms with Crippen LogP contribution in [0.4, 0.5) is 5.69 Å². The number of furan rings is 1. The van der Waals surface area contributed by atoms with Crippen molar-refractivity contribution in [2.75, 3.05) is 13.6 Å². The molecule has 1 atom stereocenters. The summed E-state index contributed by atoms with van der Waals surface area (Å²) in [6, 6.07) is 16.0. The monoisotopic (exact) mass is 413 g/mol. The summed E-state index contributed by atoms with van der Waals surface area (Å²) in [5.74, 6) is -0.199. The van der Waals surface area contributed by atoms with Gasteiger partial charge in [-0.1, -0.05) is 18.2 Å². The Balaban J connectivity index is 1.51. The van der Waals surface area contributed by atoms with E-state index in [1.807, 2.05) is 30.3 Å². The summed E-state index contributed by atoms with van der Waals surface area (Å²) >= 11 is 0. The third-order valence-corrected chi connectivity index (χ3v) is 6.04. The van der Waals surface area contributed by atoms with Gasteiger partial charge in [0.15, 0.2) is 0 Å². The maximum absolute atomic E-state index is 12.3. The molecule has 0 aliphatic carbocycles. The van der Waals surface area contributed by atoms with Gasteiger partial charge in [-0.25, -0.2) is 0 Å². The summed E-state index contributed by atoms with van der Waals surface area (Å²) in [4.78, 5) is 21.8. The Morgan fingerprint density at radius 3 is 2.68 bits per heavy atom. The van der Waals surface area contributed by atoms with Crippen LogP contribution in [0.5, 0.6) is 5.88 Å². The van der Waals surface area contributed by atoms with E-state index >= 15 is 0 Å². The minimum Gasteiger partial charge on any atom is -0.494 e. The minimum absolute atomic E-state index is 0.199. The number of aromatic amines is 1. The van der Waals surface area contributed by atoms with Crippen molar-refractivity contribution < 1.29 is 9.52 Å². The van der Waals surface area contributed by atoms with E-state index in [0.717, 1.165) is 23.4 Å². The Morgan fingerprint density at radius 2 is 1.97 bits per heavy atom. The van der Waals surface area contributed by atoms with Gasteiger partial charge in [-0.3, -0.25) is 19.7 Å². The number of nitrogens with zero attached hydrogens (tertiary/aromatic N) is 2. The van der Waals surface area contributed by atoms with E-state index < -0.39 is 0 Å². The first-order chi connectivity index (χ1) is 15.1. The van der Waals surface area contributed by atoms with Gasteiger partial charge in [-0.15, -0.1) is 0 Å². The molecule has 0 bridgehead atoms.